The molecule has 0 spiro atoms. The highest BCUT2D eigenvalue weighted by atomic mass is 31.2. The molecule has 0 heterocycles. The number of rotatable bonds is 9. The van der Waals surface area contributed by atoms with Crippen molar-refractivity contribution in [1.29, 1.82) is 0 Å². The zero-order valence-corrected chi connectivity index (χ0v) is 9.79. The average molecular weight is 225 g/mol. The molecule has 0 aliphatic carbocycles. The Morgan fingerprint density at radius 2 is 1.50 bits per heavy atom. The van der Waals surface area contributed by atoms with Gasteiger partial charge >= 0.3 is 7.82 Å². The molecule has 0 saturated heterocycles. The molecular weight excluding hydrogens is 205 g/mol. The zero-order valence-electron chi connectivity index (χ0n) is 8.90. The van der Waals surface area contributed by atoms with Crippen molar-refractivity contribution in [3.8, 4) is 0 Å². The average Bonchev–Trinajstić information content (AvgIpc) is 2.19. The van der Waals surface area contributed by atoms with E-state index in [4.69, 9.17) is 14.9 Å². The first-order valence-corrected chi connectivity index (χ1v) is 6.42. The van der Waals surface area contributed by atoms with Gasteiger partial charge in [0.15, 0.2) is 0 Å². The second-order valence-corrected chi connectivity index (χ2v) is 4.55. The Hall–Kier alpha value is 0.0700. The first-order chi connectivity index (χ1) is 6.68. The maximum Gasteiger partial charge on any atom is 0.491 e. The largest absolute Gasteiger partial charge is 0.491 e. The molecule has 0 fully saturated rings. The zero-order chi connectivity index (χ0) is 10.9. The van der Waals surface area contributed by atoms with Crippen LogP contribution in [0.5, 0.6) is 0 Å². The van der Waals surface area contributed by atoms with Crippen molar-refractivity contribution in [2.45, 2.75) is 39.5 Å². The summed E-state index contributed by atoms with van der Waals surface area (Å²) >= 11 is 0. The summed E-state index contributed by atoms with van der Waals surface area (Å²) in [5.74, 6) is 4.86. The standard InChI is InChI=1S/C8H20NO4P/c1-3-5-7-11-14(10,13-9)12-8-6-4-2/h3-9H2,1-2H3. The van der Waals surface area contributed by atoms with Gasteiger partial charge in [-0.25, -0.2) is 15.1 Å². The van der Waals surface area contributed by atoms with Gasteiger partial charge in [0.1, 0.15) is 0 Å². The number of hydrogen-bond acceptors (Lipinski definition) is 5. The Labute approximate surface area is 85.5 Å². The monoisotopic (exact) mass is 225 g/mol. The lowest BCUT2D eigenvalue weighted by Gasteiger charge is -2.14. The van der Waals surface area contributed by atoms with Gasteiger partial charge in [-0.05, 0) is 12.8 Å². The second-order valence-electron chi connectivity index (χ2n) is 2.93. The van der Waals surface area contributed by atoms with Crippen molar-refractivity contribution in [3.63, 3.8) is 0 Å². The number of unbranched alkanes of at least 4 members (excludes halogenated alkanes) is 2. The van der Waals surface area contributed by atoms with Crippen molar-refractivity contribution < 1.29 is 18.2 Å². The third-order valence-corrected chi connectivity index (χ3v) is 2.88. The van der Waals surface area contributed by atoms with Gasteiger partial charge in [-0.15, -0.1) is 0 Å². The smallest absolute Gasteiger partial charge is 0.286 e. The topological polar surface area (TPSA) is 70.8 Å². The molecule has 0 aliphatic rings. The molecule has 0 saturated carbocycles. The first-order valence-electron chi connectivity index (χ1n) is 4.96. The molecule has 0 aliphatic heterocycles. The molecule has 0 aromatic heterocycles. The minimum atomic E-state index is -3.48. The van der Waals surface area contributed by atoms with Crippen molar-refractivity contribution in [3.05, 3.63) is 0 Å². The summed E-state index contributed by atoms with van der Waals surface area (Å²) in [6.45, 7) is 4.71. The summed E-state index contributed by atoms with van der Waals surface area (Å²) in [4.78, 5) is 0. The first kappa shape index (κ1) is 14.1. The molecule has 5 nitrogen and oxygen atoms in total. The van der Waals surface area contributed by atoms with Crippen LogP contribution in [-0.2, 0) is 18.2 Å². The minimum absolute atomic E-state index is 0.344. The molecule has 0 amide bonds. The fraction of sp³-hybridized carbons (Fsp3) is 1.00. The second kappa shape index (κ2) is 8.38. The Bertz CT molecular complexity index is 163. The van der Waals surface area contributed by atoms with E-state index in [0.29, 0.717) is 13.2 Å². The molecular formula is C8H20NO4P. The molecule has 0 radical (unpaired) electrons. The van der Waals surface area contributed by atoms with Gasteiger partial charge in [0.25, 0.3) is 0 Å². The van der Waals surface area contributed by atoms with Crippen LogP contribution in [-0.4, -0.2) is 13.2 Å². The molecule has 2 N–H and O–H groups in total. The summed E-state index contributed by atoms with van der Waals surface area (Å²) < 4.78 is 25.7. The van der Waals surface area contributed by atoms with Crippen LogP contribution in [0.4, 0.5) is 0 Å². The van der Waals surface area contributed by atoms with Crippen molar-refractivity contribution in [1.82, 2.24) is 0 Å². The predicted octanol–water partition coefficient (Wildman–Crippen LogP) is 2.62. The van der Waals surface area contributed by atoms with Crippen molar-refractivity contribution in [2.75, 3.05) is 13.2 Å². The molecule has 6 heteroatoms. The fourth-order valence-corrected chi connectivity index (χ4v) is 1.64. The van der Waals surface area contributed by atoms with Gasteiger partial charge in [0, 0.05) is 0 Å². The lowest BCUT2D eigenvalue weighted by Crippen LogP contribution is -2.06. The molecule has 0 aromatic carbocycles. The van der Waals surface area contributed by atoms with E-state index >= 15 is 0 Å². The van der Waals surface area contributed by atoms with E-state index in [1.165, 1.54) is 0 Å². The van der Waals surface area contributed by atoms with E-state index in [9.17, 15) is 4.57 Å². The van der Waals surface area contributed by atoms with Gasteiger partial charge in [-0.2, -0.15) is 0 Å². The summed E-state index contributed by atoms with van der Waals surface area (Å²) in [6, 6.07) is 0. The third kappa shape index (κ3) is 6.51. The normalized spacial score (nSPS) is 11.9. The van der Waals surface area contributed by atoms with Crippen LogP contribution in [0.3, 0.4) is 0 Å². The number of phosphoric acid groups is 1. The van der Waals surface area contributed by atoms with Crippen LogP contribution < -0.4 is 5.90 Å². The Morgan fingerprint density at radius 3 is 1.79 bits per heavy atom. The van der Waals surface area contributed by atoms with Crippen molar-refractivity contribution in [2.24, 2.45) is 5.90 Å². The fourth-order valence-electron chi connectivity index (χ4n) is 0.740. The van der Waals surface area contributed by atoms with Gasteiger partial charge in [-0.3, -0.25) is 9.05 Å². The lowest BCUT2D eigenvalue weighted by atomic mass is 10.4. The Kier molecular flexibility index (Phi) is 8.43. The SMILES string of the molecule is CCCCOP(=O)(ON)OCCCC. The number of phosphoric ester groups is 1. The third-order valence-electron chi connectivity index (χ3n) is 1.62. The number of hydrogen-bond donors (Lipinski definition) is 1. The van der Waals surface area contributed by atoms with Crippen LogP contribution in [0.2, 0.25) is 0 Å². The van der Waals surface area contributed by atoms with Crippen LogP contribution >= 0.6 is 7.82 Å². The molecule has 86 valence electrons. The summed E-state index contributed by atoms with van der Waals surface area (Å²) in [6.07, 6.45) is 3.54. The van der Waals surface area contributed by atoms with Gasteiger partial charge in [-0.1, -0.05) is 26.7 Å². The summed E-state index contributed by atoms with van der Waals surface area (Å²) in [5.41, 5.74) is 0. The van der Waals surface area contributed by atoms with Gasteiger partial charge < -0.3 is 0 Å². The lowest BCUT2D eigenvalue weighted by molar-refractivity contribution is 0.111. The minimum Gasteiger partial charge on any atom is -0.286 e. The maximum atomic E-state index is 11.5. The molecule has 0 atom stereocenters. The highest BCUT2D eigenvalue weighted by Gasteiger charge is 2.24. The Morgan fingerprint density at radius 1 is 1.07 bits per heavy atom. The van der Waals surface area contributed by atoms with E-state index in [1.54, 1.807) is 0 Å². The highest BCUT2D eigenvalue weighted by Crippen LogP contribution is 2.47. The Balaban J connectivity index is 3.74. The van der Waals surface area contributed by atoms with E-state index in [0.717, 1.165) is 25.7 Å². The van der Waals surface area contributed by atoms with Gasteiger partial charge in [0.2, 0.25) is 0 Å². The molecule has 0 bridgehead atoms. The number of nitrogens with two attached hydrogens (primary N) is 1. The van der Waals surface area contributed by atoms with Gasteiger partial charge in [0.05, 0.1) is 13.2 Å². The predicted molar refractivity (Wildman–Crippen MR) is 54.6 cm³/mol. The quantitative estimate of drug-likeness (QED) is 0.371. The molecule has 0 unspecified atom stereocenters. The summed E-state index contributed by atoms with van der Waals surface area (Å²) in [7, 11) is -3.48. The van der Waals surface area contributed by atoms with E-state index in [2.05, 4.69) is 4.62 Å². The molecule has 0 rings (SSSR count). The van der Waals surface area contributed by atoms with Crippen LogP contribution in [0.25, 0.3) is 0 Å². The molecule has 14 heavy (non-hydrogen) atoms. The summed E-state index contributed by atoms with van der Waals surface area (Å²) in [5, 5.41) is 0. The van der Waals surface area contributed by atoms with Crippen LogP contribution in [0.1, 0.15) is 39.5 Å². The van der Waals surface area contributed by atoms with E-state index in [1.807, 2.05) is 13.8 Å². The van der Waals surface area contributed by atoms with Crippen LogP contribution in [0.15, 0.2) is 0 Å². The maximum absolute atomic E-state index is 11.5. The van der Waals surface area contributed by atoms with Crippen LogP contribution in [0, 0.1) is 0 Å². The molecule has 0 aromatic rings. The highest BCUT2D eigenvalue weighted by molar-refractivity contribution is 7.48. The van der Waals surface area contributed by atoms with E-state index < -0.39 is 7.82 Å². The van der Waals surface area contributed by atoms with Crippen molar-refractivity contribution >= 4 is 7.82 Å². The van der Waals surface area contributed by atoms with E-state index in [-0.39, 0.29) is 0 Å².